The van der Waals surface area contributed by atoms with E-state index in [0.29, 0.717) is 6.10 Å². The Morgan fingerprint density at radius 1 is 1.33 bits per heavy atom. The van der Waals surface area contributed by atoms with Gasteiger partial charge in [-0.25, -0.2) is 0 Å². The molecule has 58 valence electrons. The molecule has 0 saturated carbocycles. The van der Waals surface area contributed by atoms with Crippen molar-refractivity contribution in [1.29, 1.82) is 0 Å². The summed E-state index contributed by atoms with van der Waals surface area (Å²) >= 11 is 0. The third-order valence-corrected chi connectivity index (χ3v) is 0.983. The van der Waals surface area contributed by atoms with Crippen molar-refractivity contribution in [3.8, 4) is 0 Å². The van der Waals surface area contributed by atoms with Gasteiger partial charge >= 0.3 is 0 Å². The summed E-state index contributed by atoms with van der Waals surface area (Å²) in [6.07, 6.45) is 0.314. The number of hydrogen-bond donors (Lipinski definition) is 1. The maximum atomic E-state index is 5.15. The van der Waals surface area contributed by atoms with Crippen molar-refractivity contribution >= 4 is 12.4 Å². The minimum absolute atomic E-state index is 0. The predicted octanol–water partition coefficient (Wildman–Crippen LogP) is 1.01. The summed E-state index contributed by atoms with van der Waals surface area (Å²) < 4.78 is 10.2. The minimum atomic E-state index is 0. The number of rotatable bonds is 0. The van der Waals surface area contributed by atoms with Gasteiger partial charge in [-0.15, -0.1) is 12.4 Å². The molecule has 3 nitrogen and oxygen atoms in total. The molecule has 0 aromatic carbocycles. The van der Waals surface area contributed by atoms with Gasteiger partial charge < -0.3 is 15.6 Å². The van der Waals surface area contributed by atoms with Gasteiger partial charge in [0.05, 0.1) is 25.9 Å². The van der Waals surface area contributed by atoms with Crippen LogP contribution in [0.5, 0.6) is 0 Å². The molecule has 1 fully saturated rings. The van der Waals surface area contributed by atoms with E-state index >= 15 is 0 Å². The zero-order chi connectivity index (χ0) is 5.11. The van der Waals surface area contributed by atoms with Crippen LogP contribution in [0.2, 0.25) is 0 Å². The first-order chi connectivity index (χ1) is 3.39. The van der Waals surface area contributed by atoms with E-state index in [4.69, 9.17) is 9.47 Å². The molecule has 9 heavy (non-hydrogen) atoms. The molecule has 1 heterocycles. The van der Waals surface area contributed by atoms with Crippen molar-refractivity contribution in [2.45, 2.75) is 13.0 Å². The number of ether oxygens (including phenoxy) is 2. The minimum Gasteiger partial charge on any atom is -0.376 e. The molecule has 0 aromatic rings. The Kier molecular flexibility index (Phi) is 8.32. The van der Waals surface area contributed by atoms with E-state index in [0.717, 1.165) is 19.8 Å². The van der Waals surface area contributed by atoms with Gasteiger partial charge in [0.15, 0.2) is 0 Å². The van der Waals surface area contributed by atoms with Gasteiger partial charge in [0.25, 0.3) is 0 Å². The van der Waals surface area contributed by atoms with Gasteiger partial charge in [0.2, 0.25) is 0 Å². The average molecular weight is 156 g/mol. The first-order valence-corrected chi connectivity index (χ1v) is 2.59. The van der Waals surface area contributed by atoms with Crippen LogP contribution in [-0.2, 0) is 9.47 Å². The summed E-state index contributed by atoms with van der Waals surface area (Å²) in [5, 5.41) is 0. The first-order valence-electron chi connectivity index (χ1n) is 2.59. The van der Waals surface area contributed by atoms with Gasteiger partial charge in [0, 0.05) is 0 Å². The summed E-state index contributed by atoms with van der Waals surface area (Å²) in [7, 11) is 0. The highest BCUT2D eigenvalue weighted by atomic mass is 35.5. The molecule has 1 saturated heterocycles. The van der Waals surface area contributed by atoms with Gasteiger partial charge in [-0.05, 0) is 6.92 Å². The third-order valence-electron chi connectivity index (χ3n) is 0.983. The second-order valence-electron chi connectivity index (χ2n) is 1.76. The van der Waals surface area contributed by atoms with E-state index in [-0.39, 0.29) is 18.6 Å². The monoisotopic (exact) mass is 155 g/mol. The molecule has 1 aliphatic heterocycles. The molecule has 3 N–H and O–H groups in total. The van der Waals surface area contributed by atoms with E-state index in [9.17, 15) is 0 Å². The van der Waals surface area contributed by atoms with E-state index in [1.54, 1.807) is 0 Å². The Labute approximate surface area is 61.7 Å². The zero-order valence-corrected chi connectivity index (χ0v) is 6.45. The van der Waals surface area contributed by atoms with Crippen molar-refractivity contribution in [3.63, 3.8) is 0 Å². The van der Waals surface area contributed by atoms with Crippen LogP contribution in [-0.4, -0.2) is 25.9 Å². The van der Waals surface area contributed by atoms with Gasteiger partial charge in [0.1, 0.15) is 0 Å². The lowest BCUT2D eigenvalue weighted by Crippen LogP contribution is -2.25. The Balaban J connectivity index is 0. The number of halogens is 1. The molecule has 1 aliphatic rings. The van der Waals surface area contributed by atoms with Crippen molar-refractivity contribution < 1.29 is 9.47 Å². The molecule has 0 bridgehead atoms. The van der Waals surface area contributed by atoms with Crippen molar-refractivity contribution in [3.05, 3.63) is 0 Å². The second kappa shape index (κ2) is 6.29. The van der Waals surface area contributed by atoms with Crippen LogP contribution in [0.25, 0.3) is 0 Å². The van der Waals surface area contributed by atoms with Crippen LogP contribution in [0.3, 0.4) is 0 Å². The van der Waals surface area contributed by atoms with Crippen LogP contribution in [0.15, 0.2) is 0 Å². The molecule has 1 atom stereocenters. The van der Waals surface area contributed by atoms with E-state index in [1.165, 1.54) is 0 Å². The summed E-state index contributed by atoms with van der Waals surface area (Å²) in [6, 6.07) is 0. The largest absolute Gasteiger partial charge is 0.376 e. The molecule has 4 heteroatoms. The third kappa shape index (κ3) is 4.66. The SMILES string of the molecule is CC1COCCO1.Cl.N. The first kappa shape index (κ1) is 11.9. The maximum Gasteiger partial charge on any atom is 0.0781 e. The van der Waals surface area contributed by atoms with Gasteiger partial charge in [-0.3, -0.25) is 0 Å². The molecular formula is C5H14ClNO2. The molecule has 1 rings (SSSR count). The standard InChI is InChI=1S/C5H10O2.ClH.H3N/c1-5-4-6-2-3-7-5;;/h5H,2-4H2,1H3;1H;1H3. The van der Waals surface area contributed by atoms with Crippen LogP contribution < -0.4 is 6.15 Å². The van der Waals surface area contributed by atoms with Crippen molar-refractivity contribution in [2.24, 2.45) is 0 Å². The van der Waals surface area contributed by atoms with Crippen LogP contribution in [0, 0.1) is 0 Å². The second-order valence-corrected chi connectivity index (χ2v) is 1.76. The van der Waals surface area contributed by atoms with E-state index in [1.807, 2.05) is 6.92 Å². The fraction of sp³-hybridized carbons (Fsp3) is 1.00. The van der Waals surface area contributed by atoms with Gasteiger partial charge in [-0.2, -0.15) is 0 Å². The topological polar surface area (TPSA) is 53.5 Å². The molecule has 1 unspecified atom stereocenters. The molecule has 0 aliphatic carbocycles. The summed E-state index contributed by atoms with van der Waals surface area (Å²) in [5.74, 6) is 0. The highest BCUT2D eigenvalue weighted by molar-refractivity contribution is 5.85. The fourth-order valence-corrected chi connectivity index (χ4v) is 0.606. The van der Waals surface area contributed by atoms with Crippen LogP contribution >= 0.6 is 12.4 Å². The fourth-order valence-electron chi connectivity index (χ4n) is 0.606. The normalized spacial score (nSPS) is 25.7. The van der Waals surface area contributed by atoms with Crippen molar-refractivity contribution in [2.75, 3.05) is 19.8 Å². The molecular weight excluding hydrogens is 142 g/mol. The Hall–Kier alpha value is 0.170. The van der Waals surface area contributed by atoms with Crippen LogP contribution in [0.1, 0.15) is 6.92 Å². The highest BCUT2D eigenvalue weighted by Crippen LogP contribution is 1.96. The van der Waals surface area contributed by atoms with Gasteiger partial charge in [-0.1, -0.05) is 0 Å². The lowest BCUT2D eigenvalue weighted by molar-refractivity contribution is -0.0797. The lowest BCUT2D eigenvalue weighted by atomic mass is 10.4. The quantitative estimate of drug-likeness (QED) is 0.568. The molecule has 0 aromatic heterocycles. The van der Waals surface area contributed by atoms with E-state index < -0.39 is 0 Å². The summed E-state index contributed by atoms with van der Waals surface area (Å²) in [4.78, 5) is 0. The molecule has 0 spiro atoms. The Bertz CT molecular complexity index is 56.9. The summed E-state index contributed by atoms with van der Waals surface area (Å²) in [6.45, 7) is 4.31. The zero-order valence-electron chi connectivity index (χ0n) is 5.63. The highest BCUT2D eigenvalue weighted by Gasteiger charge is 2.06. The Morgan fingerprint density at radius 3 is 2.22 bits per heavy atom. The maximum absolute atomic E-state index is 5.15. The van der Waals surface area contributed by atoms with Crippen LogP contribution in [0.4, 0.5) is 0 Å². The lowest BCUT2D eigenvalue weighted by Gasteiger charge is -2.18. The van der Waals surface area contributed by atoms with Crippen molar-refractivity contribution in [1.82, 2.24) is 6.15 Å². The number of hydrogen-bond acceptors (Lipinski definition) is 3. The predicted molar refractivity (Wildman–Crippen MR) is 38.5 cm³/mol. The average Bonchev–Trinajstić information content (AvgIpc) is 1.69. The Morgan fingerprint density at radius 2 is 2.00 bits per heavy atom. The summed E-state index contributed by atoms with van der Waals surface area (Å²) in [5.41, 5.74) is 0. The van der Waals surface area contributed by atoms with E-state index in [2.05, 4.69) is 0 Å². The molecule has 0 radical (unpaired) electrons. The molecule has 0 amide bonds. The smallest absolute Gasteiger partial charge is 0.0781 e.